The molecule has 0 aliphatic carbocycles. The maximum atomic E-state index is 12.4. The first kappa shape index (κ1) is 20.6. The van der Waals surface area contributed by atoms with E-state index in [-0.39, 0.29) is 18.3 Å². The SMILES string of the molecule is Cc1cnccc1C(=O)Nc1ccc(-c2cc(-c3ncco3)ccc2Cl)cc1.Cl. The topological polar surface area (TPSA) is 68.0 Å². The van der Waals surface area contributed by atoms with E-state index in [1.807, 2.05) is 49.4 Å². The van der Waals surface area contributed by atoms with E-state index in [4.69, 9.17) is 16.0 Å². The van der Waals surface area contributed by atoms with Crippen molar-refractivity contribution in [2.45, 2.75) is 6.92 Å². The molecule has 0 unspecified atom stereocenters. The number of halogens is 2. The number of amides is 1. The number of carbonyl (C=O) groups is 1. The van der Waals surface area contributed by atoms with Crippen LogP contribution in [0.15, 0.2) is 77.8 Å². The smallest absolute Gasteiger partial charge is 0.256 e. The predicted molar refractivity (Wildman–Crippen MR) is 117 cm³/mol. The van der Waals surface area contributed by atoms with E-state index in [2.05, 4.69) is 15.3 Å². The van der Waals surface area contributed by atoms with Gasteiger partial charge in [-0.05, 0) is 54.4 Å². The van der Waals surface area contributed by atoms with Crippen molar-refractivity contribution < 1.29 is 9.21 Å². The molecule has 29 heavy (non-hydrogen) atoms. The molecule has 2 aromatic carbocycles. The van der Waals surface area contributed by atoms with Gasteiger partial charge in [0.25, 0.3) is 5.91 Å². The summed E-state index contributed by atoms with van der Waals surface area (Å²) in [6.07, 6.45) is 6.41. The van der Waals surface area contributed by atoms with E-state index < -0.39 is 0 Å². The van der Waals surface area contributed by atoms with Crippen LogP contribution in [-0.2, 0) is 0 Å². The van der Waals surface area contributed by atoms with E-state index in [1.165, 1.54) is 6.26 Å². The normalized spacial score (nSPS) is 10.3. The lowest BCUT2D eigenvalue weighted by Gasteiger charge is -2.10. The number of carbonyl (C=O) groups excluding carboxylic acids is 1. The molecular formula is C22H17Cl2N3O2. The third-order valence-corrected chi connectivity index (χ3v) is 4.69. The Kier molecular flexibility index (Phi) is 6.32. The van der Waals surface area contributed by atoms with Crippen molar-refractivity contribution in [3.05, 3.63) is 89.5 Å². The standard InChI is InChI=1S/C22H16ClN3O2.ClH/c1-14-13-24-9-8-18(14)21(27)26-17-5-2-15(3-6-17)19-12-16(4-7-20(19)23)22-25-10-11-28-22;/h2-13H,1H3,(H,26,27);1H. The summed E-state index contributed by atoms with van der Waals surface area (Å²) in [4.78, 5) is 20.6. The molecule has 0 spiro atoms. The number of nitrogens with one attached hydrogen (secondary N) is 1. The first-order valence-electron chi connectivity index (χ1n) is 8.63. The van der Waals surface area contributed by atoms with Gasteiger partial charge in [-0.15, -0.1) is 12.4 Å². The van der Waals surface area contributed by atoms with Crippen LogP contribution in [0.1, 0.15) is 15.9 Å². The average molecular weight is 426 g/mol. The van der Waals surface area contributed by atoms with Crippen LogP contribution in [0, 0.1) is 6.92 Å². The van der Waals surface area contributed by atoms with Gasteiger partial charge in [0.1, 0.15) is 6.26 Å². The lowest BCUT2D eigenvalue weighted by atomic mass is 10.0. The molecule has 1 N–H and O–H groups in total. The number of hydrogen-bond donors (Lipinski definition) is 1. The van der Waals surface area contributed by atoms with E-state index in [1.54, 1.807) is 24.7 Å². The van der Waals surface area contributed by atoms with Gasteiger partial charge in [0.15, 0.2) is 0 Å². The largest absolute Gasteiger partial charge is 0.445 e. The van der Waals surface area contributed by atoms with Crippen LogP contribution in [0.2, 0.25) is 5.02 Å². The van der Waals surface area contributed by atoms with E-state index in [0.29, 0.717) is 22.2 Å². The summed E-state index contributed by atoms with van der Waals surface area (Å²) in [5.41, 5.74) is 4.75. The highest BCUT2D eigenvalue weighted by Crippen LogP contribution is 2.32. The van der Waals surface area contributed by atoms with E-state index in [0.717, 1.165) is 22.3 Å². The molecule has 0 fully saturated rings. The minimum atomic E-state index is -0.170. The molecule has 0 bridgehead atoms. The molecule has 2 heterocycles. The molecule has 1 amide bonds. The summed E-state index contributed by atoms with van der Waals surface area (Å²) >= 11 is 6.39. The van der Waals surface area contributed by atoms with Crippen molar-refractivity contribution in [2.75, 3.05) is 5.32 Å². The van der Waals surface area contributed by atoms with Gasteiger partial charge >= 0.3 is 0 Å². The molecule has 5 nitrogen and oxygen atoms in total. The zero-order valence-electron chi connectivity index (χ0n) is 15.4. The molecule has 0 aliphatic heterocycles. The Bertz CT molecular complexity index is 1130. The summed E-state index contributed by atoms with van der Waals surface area (Å²) in [6, 6.07) is 14.8. The Morgan fingerprint density at radius 1 is 1.03 bits per heavy atom. The fourth-order valence-electron chi connectivity index (χ4n) is 2.91. The van der Waals surface area contributed by atoms with Gasteiger partial charge in [-0.2, -0.15) is 0 Å². The zero-order valence-corrected chi connectivity index (χ0v) is 17.0. The van der Waals surface area contributed by atoms with Gasteiger partial charge in [-0.3, -0.25) is 9.78 Å². The van der Waals surface area contributed by atoms with Gasteiger partial charge in [0.05, 0.1) is 6.20 Å². The van der Waals surface area contributed by atoms with Gasteiger partial charge in [0.2, 0.25) is 5.89 Å². The minimum Gasteiger partial charge on any atom is -0.445 e. The molecule has 146 valence electrons. The Labute approximate surface area is 179 Å². The van der Waals surface area contributed by atoms with Crippen LogP contribution >= 0.6 is 24.0 Å². The first-order chi connectivity index (χ1) is 13.6. The molecule has 2 aromatic heterocycles. The number of aryl methyl sites for hydroxylation is 1. The molecule has 7 heteroatoms. The van der Waals surface area contributed by atoms with E-state index in [9.17, 15) is 4.79 Å². The predicted octanol–water partition coefficient (Wildman–Crippen LogP) is 6.04. The molecule has 0 aliphatic rings. The second-order valence-corrected chi connectivity index (χ2v) is 6.66. The maximum absolute atomic E-state index is 12.4. The zero-order chi connectivity index (χ0) is 19.5. The number of rotatable bonds is 4. The molecule has 0 radical (unpaired) electrons. The molecular weight excluding hydrogens is 409 g/mol. The monoisotopic (exact) mass is 425 g/mol. The summed E-state index contributed by atoms with van der Waals surface area (Å²) in [6.45, 7) is 1.86. The molecule has 0 atom stereocenters. The lowest BCUT2D eigenvalue weighted by molar-refractivity contribution is 0.102. The number of oxazole rings is 1. The number of nitrogens with zero attached hydrogens (tertiary/aromatic N) is 2. The fraction of sp³-hybridized carbons (Fsp3) is 0.0455. The summed E-state index contributed by atoms with van der Waals surface area (Å²) in [5.74, 6) is 0.367. The Hall–Kier alpha value is -3.15. The number of aromatic nitrogens is 2. The van der Waals surface area contributed by atoms with Crippen LogP contribution < -0.4 is 5.32 Å². The van der Waals surface area contributed by atoms with Gasteiger partial charge in [0, 0.05) is 39.8 Å². The van der Waals surface area contributed by atoms with Gasteiger partial charge in [-0.1, -0.05) is 23.7 Å². The Morgan fingerprint density at radius 3 is 2.48 bits per heavy atom. The van der Waals surface area contributed by atoms with Crippen molar-refractivity contribution in [3.63, 3.8) is 0 Å². The number of anilines is 1. The van der Waals surface area contributed by atoms with Crippen LogP contribution in [0.5, 0.6) is 0 Å². The van der Waals surface area contributed by atoms with Crippen LogP contribution in [0.4, 0.5) is 5.69 Å². The Balaban J connectivity index is 0.00000240. The van der Waals surface area contributed by atoms with Crippen molar-refractivity contribution in [2.24, 2.45) is 0 Å². The molecule has 0 saturated heterocycles. The molecule has 4 rings (SSSR count). The minimum absolute atomic E-state index is 0. The van der Waals surface area contributed by atoms with Gasteiger partial charge < -0.3 is 9.73 Å². The fourth-order valence-corrected chi connectivity index (χ4v) is 3.13. The summed E-state index contributed by atoms with van der Waals surface area (Å²) in [5, 5.41) is 3.53. The molecule has 4 aromatic rings. The van der Waals surface area contributed by atoms with Crippen molar-refractivity contribution in [1.82, 2.24) is 9.97 Å². The van der Waals surface area contributed by atoms with E-state index >= 15 is 0 Å². The summed E-state index contributed by atoms with van der Waals surface area (Å²) in [7, 11) is 0. The highest BCUT2D eigenvalue weighted by atomic mass is 35.5. The van der Waals surface area contributed by atoms with Crippen molar-refractivity contribution >= 4 is 35.6 Å². The first-order valence-corrected chi connectivity index (χ1v) is 9.01. The van der Waals surface area contributed by atoms with Crippen molar-refractivity contribution in [1.29, 1.82) is 0 Å². The Morgan fingerprint density at radius 2 is 1.79 bits per heavy atom. The van der Waals surface area contributed by atoms with Gasteiger partial charge in [-0.25, -0.2) is 4.98 Å². The second kappa shape index (κ2) is 8.90. The third-order valence-electron chi connectivity index (χ3n) is 4.36. The quantitative estimate of drug-likeness (QED) is 0.432. The van der Waals surface area contributed by atoms with Crippen LogP contribution in [-0.4, -0.2) is 15.9 Å². The lowest BCUT2D eigenvalue weighted by Crippen LogP contribution is -2.13. The average Bonchev–Trinajstić information content (AvgIpc) is 3.24. The maximum Gasteiger partial charge on any atom is 0.256 e. The third kappa shape index (κ3) is 4.47. The van der Waals surface area contributed by atoms with Crippen LogP contribution in [0.25, 0.3) is 22.6 Å². The number of hydrogen-bond acceptors (Lipinski definition) is 4. The van der Waals surface area contributed by atoms with Crippen molar-refractivity contribution in [3.8, 4) is 22.6 Å². The highest BCUT2D eigenvalue weighted by Gasteiger charge is 2.11. The second-order valence-electron chi connectivity index (χ2n) is 6.25. The summed E-state index contributed by atoms with van der Waals surface area (Å²) < 4.78 is 5.36. The number of benzene rings is 2. The molecule has 0 saturated carbocycles. The number of pyridine rings is 1. The highest BCUT2D eigenvalue weighted by molar-refractivity contribution is 6.33. The van der Waals surface area contributed by atoms with Crippen LogP contribution in [0.3, 0.4) is 0 Å².